The van der Waals surface area contributed by atoms with Gasteiger partial charge in [-0.05, 0) is 24.3 Å². The molecule has 0 N–H and O–H groups in total. The quantitative estimate of drug-likeness (QED) is 0.619. The molecule has 27 heavy (non-hydrogen) atoms. The van der Waals surface area contributed by atoms with Gasteiger partial charge in [0.15, 0.2) is 11.6 Å². The normalized spacial score (nSPS) is 16.8. The summed E-state index contributed by atoms with van der Waals surface area (Å²) in [5.74, 6) is 0.129. The van der Waals surface area contributed by atoms with E-state index in [0.29, 0.717) is 23.9 Å². The molecule has 1 fully saturated rings. The summed E-state index contributed by atoms with van der Waals surface area (Å²) in [5.41, 5.74) is 1.30. The van der Waals surface area contributed by atoms with Gasteiger partial charge in [0.05, 0.1) is 13.0 Å². The Labute approximate surface area is 163 Å². The Hall–Kier alpha value is -2.74. The van der Waals surface area contributed by atoms with Crippen LogP contribution in [0.2, 0.25) is 0 Å². The van der Waals surface area contributed by atoms with Crippen molar-refractivity contribution in [3.8, 4) is 17.1 Å². The van der Waals surface area contributed by atoms with Crippen LogP contribution in [0, 0.1) is 5.82 Å². The molecule has 6 nitrogen and oxygen atoms in total. The maximum absolute atomic E-state index is 14.0. The number of aromatic nitrogens is 2. The highest BCUT2D eigenvalue weighted by Gasteiger charge is 2.35. The van der Waals surface area contributed by atoms with Crippen LogP contribution in [0.25, 0.3) is 11.4 Å². The van der Waals surface area contributed by atoms with Crippen LogP contribution in [0.5, 0.6) is 5.75 Å². The standard InChI is InChI=1S/C19H15BrFN3O3/c1-26-16-6-5-14(9-15(16)21)24-10-12(8-17(24)25)19-22-18(23-27-19)11-3-2-4-13(20)7-11/h2-7,9,12H,8,10H2,1H3. The summed E-state index contributed by atoms with van der Waals surface area (Å²) in [6.07, 6.45) is 0.230. The first-order valence-corrected chi connectivity index (χ1v) is 9.08. The van der Waals surface area contributed by atoms with Crippen molar-refractivity contribution in [3.63, 3.8) is 0 Å². The van der Waals surface area contributed by atoms with Gasteiger partial charge >= 0.3 is 0 Å². The lowest BCUT2D eigenvalue weighted by atomic mass is 10.1. The van der Waals surface area contributed by atoms with E-state index in [1.54, 1.807) is 6.07 Å². The SMILES string of the molecule is COc1ccc(N2CC(c3nc(-c4cccc(Br)c4)no3)CC2=O)cc1F. The molecule has 1 unspecified atom stereocenters. The van der Waals surface area contributed by atoms with Crippen molar-refractivity contribution in [1.29, 1.82) is 0 Å². The molecular weight excluding hydrogens is 417 g/mol. The topological polar surface area (TPSA) is 68.5 Å². The van der Waals surface area contributed by atoms with Crippen molar-refractivity contribution in [3.05, 3.63) is 58.6 Å². The minimum atomic E-state index is -0.513. The van der Waals surface area contributed by atoms with Crippen molar-refractivity contribution in [1.82, 2.24) is 10.1 Å². The summed E-state index contributed by atoms with van der Waals surface area (Å²) in [4.78, 5) is 18.4. The molecule has 1 aromatic heterocycles. The molecular formula is C19H15BrFN3O3. The van der Waals surface area contributed by atoms with E-state index in [4.69, 9.17) is 9.26 Å². The predicted octanol–water partition coefficient (Wildman–Crippen LogP) is 4.17. The smallest absolute Gasteiger partial charge is 0.232 e. The van der Waals surface area contributed by atoms with Crippen LogP contribution in [0.15, 0.2) is 51.5 Å². The maximum atomic E-state index is 14.0. The molecule has 2 aromatic carbocycles. The lowest BCUT2D eigenvalue weighted by Crippen LogP contribution is -2.24. The van der Waals surface area contributed by atoms with Crippen LogP contribution >= 0.6 is 15.9 Å². The van der Waals surface area contributed by atoms with E-state index in [1.165, 1.54) is 24.1 Å². The molecule has 138 valence electrons. The largest absolute Gasteiger partial charge is 0.494 e. The molecule has 1 saturated heterocycles. The van der Waals surface area contributed by atoms with Crippen LogP contribution in [0.4, 0.5) is 10.1 Å². The van der Waals surface area contributed by atoms with E-state index >= 15 is 0 Å². The van der Waals surface area contributed by atoms with Crippen LogP contribution in [-0.2, 0) is 4.79 Å². The number of nitrogens with zero attached hydrogens (tertiary/aromatic N) is 3. The van der Waals surface area contributed by atoms with Gasteiger partial charge in [0, 0.05) is 34.8 Å². The second kappa shape index (κ2) is 7.11. The first-order chi connectivity index (χ1) is 13.0. The fraction of sp³-hybridized carbons (Fsp3) is 0.211. The number of halogens is 2. The second-order valence-corrected chi connectivity index (χ2v) is 7.11. The highest BCUT2D eigenvalue weighted by atomic mass is 79.9. The van der Waals surface area contributed by atoms with Crippen LogP contribution in [-0.4, -0.2) is 29.7 Å². The summed E-state index contributed by atoms with van der Waals surface area (Å²) in [5, 5.41) is 4.02. The minimum Gasteiger partial charge on any atom is -0.494 e. The molecule has 4 rings (SSSR count). The number of amides is 1. The molecule has 0 spiro atoms. The van der Waals surface area contributed by atoms with Crippen molar-refractivity contribution in [2.75, 3.05) is 18.6 Å². The van der Waals surface area contributed by atoms with Crippen LogP contribution < -0.4 is 9.64 Å². The Morgan fingerprint density at radius 3 is 2.89 bits per heavy atom. The van der Waals surface area contributed by atoms with Crippen molar-refractivity contribution < 1.29 is 18.4 Å². The lowest BCUT2D eigenvalue weighted by molar-refractivity contribution is -0.117. The maximum Gasteiger partial charge on any atom is 0.232 e. The monoisotopic (exact) mass is 431 g/mol. The van der Waals surface area contributed by atoms with E-state index < -0.39 is 5.82 Å². The van der Waals surface area contributed by atoms with Gasteiger partial charge in [0.2, 0.25) is 17.6 Å². The molecule has 0 bridgehead atoms. The average Bonchev–Trinajstić information content (AvgIpc) is 3.28. The fourth-order valence-electron chi connectivity index (χ4n) is 3.09. The van der Waals surface area contributed by atoms with Gasteiger partial charge in [-0.15, -0.1) is 0 Å². The average molecular weight is 432 g/mol. The summed E-state index contributed by atoms with van der Waals surface area (Å²) < 4.78 is 25.2. The number of carbonyl (C=O) groups excluding carboxylic acids is 1. The molecule has 1 amide bonds. The number of methoxy groups -OCH3 is 1. The van der Waals surface area contributed by atoms with E-state index in [0.717, 1.165) is 10.0 Å². The van der Waals surface area contributed by atoms with Gasteiger partial charge in [-0.3, -0.25) is 4.79 Å². The minimum absolute atomic E-state index is 0.119. The number of benzene rings is 2. The number of anilines is 1. The highest BCUT2D eigenvalue weighted by Crippen LogP contribution is 2.33. The van der Waals surface area contributed by atoms with Gasteiger partial charge in [0.25, 0.3) is 0 Å². The highest BCUT2D eigenvalue weighted by molar-refractivity contribution is 9.10. The molecule has 0 aliphatic carbocycles. The van der Waals surface area contributed by atoms with Gasteiger partial charge in [0.1, 0.15) is 0 Å². The van der Waals surface area contributed by atoms with Gasteiger partial charge < -0.3 is 14.2 Å². The number of carbonyl (C=O) groups is 1. The molecule has 0 radical (unpaired) electrons. The third-order valence-corrected chi connectivity index (χ3v) is 4.94. The zero-order valence-corrected chi connectivity index (χ0v) is 15.9. The number of hydrogen-bond donors (Lipinski definition) is 0. The molecule has 3 aromatic rings. The van der Waals surface area contributed by atoms with Crippen molar-refractivity contribution in [2.45, 2.75) is 12.3 Å². The predicted molar refractivity (Wildman–Crippen MR) is 100 cm³/mol. The molecule has 8 heteroatoms. The van der Waals surface area contributed by atoms with E-state index in [-0.39, 0.29) is 24.0 Å². The van der Waals surface area contributed by atoms with E-state index in [9.17, 15) is 9.18 Å². The lowest BCUT2D eigenvalue weighted by Gasteiger charge is -2.16. The Kier molecular flexibility index (Phi) is 4.65. The van der Waals surface area contributed by atoms with Gasteiger partial charge in [-0.1, -0.05) is 33.2 Å². The summed E-state index contributed by atoms with van der Waals surface area (Å²) in [6, 6.07) is 12.0. The second-order valence-electron chi connectivity index (χ2n) is 6.19. The molecule has 0 saturated carbocycles. The molecule has 1 aliphatic heterocycles. The summed E-state index contributed by atoms with van der Waals surface area (Å²) in [7, 11) is 1.40. The van der Waals surface area contributed by atoms with Crippen molar-refractivity contribution >= 4 is 27.5 Å². The number of rotatable bonds is 4. The first-order valence-electron chi connectivity index (χ1n) is 8.28. The van der Waals surface area contributed by atoms with Gasteiger partial charge in [-0.2, -0.15) is 4.98 Å². The number of hydrogen-bond acceptors (Lipinski definition) is 5. The summed E-state index contributed by atoms with van der Waals surface area (Å²) in [6.45, 7) is 0.352. The van der Waals surface area contributed by atoms with Gasteiger partial charge in [-0.25, -0.2) is 4.39 Å². The van der Waals surface area contributed by atoms with Crippen molar-refractivity contribution in [2.24, 2.45) is 0 Å². The number of ether oxygens (including phenoxy) is 1. The Morgan fingerprint density at radius 1 is 1.30 bits per heavy atom. The zero-order chi connectivity index (χ0) is 19.0. The Balaban J connectivity index is 1.55. The Morgan fingerprint density at radius 2 is 2.15 bits per heavy atom. The third-order valence-electron chi connectivity index (χ3n) is 4.45. The van der Waals surface area contributed by atoms with Crippen LogP contribution in [0.3, 0.4) is 0 Å². The van der Waals surface area contributed by atoms with E-state index in [1.807, 2.05) is 24.3 Å². The zero-order valence-electron chi connectivity index (χ0n) is 14.4. The molecule has 1 aliphatic rings. The Bertz CT molecular complexity index is 1010. The van der Waals surface area contributed by atoms with E-state index in [2.05, 4.69) is 26.1 Å². The first kappa shape index (κ1) is 17.7. The molecule has 1 atom stereocenters. The fourth-order valence-corrected chi connectivity index (χ4v) is 3.49. The summed E-state index contributed by atoms with van der Waals surface area (Å²) >= 11 is 3.41. The third kappa shape index (κ3) is 3.44. The molecule has 2 heterocycles. The van der Waals surface area contributed by atoms with Crippen LogP contribution in [0.1, 0.15) is 18.2 Å².